The van der Waals surface area contributed by atoms with E-state index in [1.807, 2.05) is 53.0 Å². The molecule has 0 aliphatic carbocycles. The van der Waals surface area contributed by atoms with Crippen molar-refractivity contribution in [3.8, 4) is 17.1 Å². The third-order valence-corrected chi connectivity index (χ3v) is 5.03. The molecule has 1 aliphatic heterocycles. The average molecular weight is 357 g/mol. The van der Waals surface area contributed by atoms with Gasteiger partial charge in [0.25, 0.3) is 0 Å². The van der Waals surface area contributed by atoms with E-state index < -0.39 is 0 Å². The van der Waals surface area contributed by atoms with Gasteiger partial charge in [-0.2, -0.15) is 4.52 Å². The lowest BCUT2D eigenvalue weighted by molar-refractivity contribution is 0.413. The van der Waals surface area contributed by atoms with Crippen LogP contribution in [-0.4, -0.2) is 33.5 Å². The van der Waals surface area contributed by atoms with Gasteiger partial charge in [0.05, 0.1) is 7.11 Å². The summed E-state index contributed by atoms with van der Waals surface area (Å²) in [5.74, 6) is 2.57. The normalized spacial score (nSPS) is 13.6. The van der Waals surface area contributed by atoms with Crippen molar-refractivity contribution < 1.29 is 4.74 Å². The van der Waals surface area contributed by atoms with Crippen LogP contribution in [0, 0.1) is 0 Å². The summed E-state index contributed by atoms with van der Waals surface area (Å²) in [6.45, 7) is 1.74. The van der Waals surface area contributed by atoms with Crippen LogP contribution in [0.15, 0.2) is 60.7 Å². The fraction of sp³-hybridized carbons (Fsp3) is 0.190. The molecule has 3 heterocycles. The molecule has 0 saturated heterocycles. The van der Waals surface area contributed by atoms with Crippen LogP contribution >= 0.6 is 0 Å². The fourth-order valence-corrected chi connectivity index (χ4v) is 3.57. The Balaban J connectivity index is 1.52. The molecule has 0 saturated carbocycles. The predicted octanol–water partition coefficient (Wildman–Crippen LogP) is 3.36. The van der Waals surface area contributed by atoms with Gasteiger partial charge in [0.2, 0.25) is 0 Å². The number of fused-ring (bicyclic) bond motifs is 2. The maximum absolute atomic E-state index is 5.38. The van der Waals surface area contributed by atoms with E-state index in [1.54, 1.807) is 7.11 Å². The summed E-state index contributed by atoms with van der Waals surface area (Å²) in [5, 5.41) is 13.4. The molecule has 2 aromatic heterocycles. The van der Waals surface area contributed by atoms with E-state index in [9.17, 15) is 0 Å². The highest BCUT2D eigenvalue weighted by atomic mass is 16.5. The van der Waals surface area contributed by atoms with Crippen molar-refractivity contribution in [2.75, 3.05) is 18.6 Å². The summed E-state index contributed by atoms with van der Waals surface area (Å²) in [6, 6.07) is 20.3. The third kappa shape index (κ3) is 2.79. The van der Waals surface area contributed by atoms with E-state index in [4.69, 9.17) is 9.84 Å². The van der Waals surface area contributed by atoms with E-state index >= 15 is 0 Å². The van der Waals surface area contributed by atoms with Crippen LogP contribution in [0.3, 0.4) is 0 Å². The van der Waals surface area contributed by atoms with Gasteiger partial charge in [0.1, 0.15) is 11.6 Å². The molecule has 0 fully saturated rings. The Morgan fingerprint density at radius 3 is 2.67 bits per heavy atom. The Morgan fingerprint density at radius 1 is 0.926 bits per heavy atom. The summed E-state index contributed by atoms with van der Waals surface area (Å²) in [6.07, 6.45) is 0.993. The predicted molar refractivity (Wildman–Crippen MR) is 104 cm³/mol. The van der Waals surface area contributed by atoms with Crippen molar-refractivity contribution in [1.29, 1.82) is 0 Å². The first kappa shape index (κ1) is 15.8. The van der Waals surface area contributed by atoms with Crippen molar-refractivity contribution in [2.24, 2.45) is 0 Å². The minimum Gasteiger partial charge on any atom is -0.497 e. The van der Waals surface area contributed by atoms with Crippen LogP contribution < -0.4 is 9.64 Å². The number of hydrogen-bond acceptors (Lipinski definition) is 5. The van der Waals surface area contributed by atoms with Gasteiger partial charge in [-0.05, 0) is 41.8 Å². The molecule has 1 aliphatic rings. The van der Waals surface area contributed by atoms with E-state index in [1.165, 1.54) is 11.1 Å². The zero-order valence-electron chi connectivity index (χ0n) is 15.0. The summed E-state index contributed by atoms with van der Waals surface area (Å²) < 4.78 is 7.20. The number of rotatable bonds is 3. The Hall–Kier alpha value is -3.41. The second-order valence-electron chi connectivity index (χ2n) is 6.66. The van der Waals surface area contributed by atoms with Crippen LogP contribution in [0.5, 0.6) is 5.75 Å². The van der Waals surface area contributed by atoms with Crippen molar-refractivity contribution in [3.63, 3.8) is 0 Å². The molecule has 0 spiro atoms. The van der Waals surface area contributed by atoms with Gasteiger partial charge in [-0.25, -0.2) is 0 Å². The Bertz CT molecular complexity index is 1110. The lowest BCUT2D eigenvalue weighted by Crippen LogP contribution is -2.31. The van der Waals surface area contributed by atoms with E-state index in [0.29, 0.717) is 0 Å². The number of ether oxygens (including phenoxy) is 1. The van der Waals surface area contributed by atoms with E-state index in [2.05, 4.69) is 27.2 Å². The van der Waals surface area contributed by atoms with Gasteiger partial charge in [-0.1, -0.05) is 36.4 Å². The number of anilines is 1. The summed E-state index contributed by atoms with van der Waals surface area (Å²) in [4.78, 5) is 2.29. The number of hydrogen-bond donors (Lipinski definition) is 0. The maximum atomic E-state index is 5.38. The minimum atomic E-state index is 0.747. The first-order chi connectivity index (χ1) is 13.3. The van der Waals surface area contributed by atoms with Crippen molar-refractivity contribution in [2.45, 2.75) is 13.0 Å². The average Bonchev–Trinajstić information content (AvgIpc) is 3.16. The van der Waals surface area contributed by atoms with Crippen LogP contribution in [0.2, 0.25) is 0 Å². The Morgan fingerprint density at radius 2 is 1.81 bits per heavy atom. The van der Waals surface area contributed by atoms with E-state index in [0.717, 1.165) is 48.1 Å². The first-order valence-electron chi connectivity index (χ1n) is 9.00. The fourth-order valence-electron chi connectivity index (χ4n) is 3.57. The van der Waals surface area contributed by atoms with Gasteiger partial charge in [0, 0.05) is 18.7 Å². The van der Waals surface area contributed by atoms with Gasteiger partial charge in [-0.3, -0.25) is 0 Å². The van der Waals surface area contributed by atoms with Gasteiger partial charge < -0.3 is 9.64 Å². The topological polar surface area (TPSA) is 55.5 Å². The summed E-state index contributed by atoms with van der Waals surface area (Å²) in [5.41, 5.74) is 4.41. The maximum Gasteiger partial charge on any atom is 0.185 e. The molecule has 0 amide bonds. The summed E-state index contributed by atoms with van der Waals surface area (Å²) in [7, 11) is 1.70. The highest BCUT2D eigenvalue weighted by Crippen LogP contribution is 2.27. The molecule has 2 aromatic carbocycles. The Labute approximate surface area is 157 Å². The van der Waals surface area contributed by atoms with Crippen LogP contribution in [0.4, 0.5) is 5.82 Å². The molecule has 0 atom stereocenters. The van der Waals surface area contributed by atoms with Crippen LogP contribution in [0.1, 0.15) is 11.1 Å². The van der Waals surface area contributed by atoms with Gasteiger partial charge in [-0.15, -0.1) is 15.3 Å². The highest BCUT2D eigenvalue weighted by Gasteiger charge is 2.19. The molecular formula is C21H19N5O. The number of benzene rings is 2. The molecule has 6 nitrogen and oxygen atoms in total. The van der Waals surface area contributed by atoms with Gasteiger partial charge >= 0.3 is 0 Å². The number of nitrogens with zero attached hydrogens (tertiary/aromatic N) is 5. The largest absolute Gasteiger partial charge is 0.497 e. The molecule has 0 unspecified atom stereocenters. The van der Waals surface area contributed by atoms with Crippen molar-refractivity contribution >= 4 is 11.5 Å². The summed E-state index contributed by atoms with van der Waals surface area (Å²) >= 11 is 0. The molecule has 6 heteroatoms. The van der Waals surface area contributed by atoms with E-state index in [-0.39, 0.29) is 0 Å². The molecule has 27 heavy (non-hydrogen) atoms. The standard InChI is InChI=1S/C21H19N5O/c1-27-18-8-7-15-11-12-25(14-17(15)13-18)20-10-9-19-22-23-21(26(19)24-20)16-5-3-2-4-6-16/h2-10,13H,11-12,14H2,1H3. The zero-order valence-corrected chi connectivity index (χ0v) is 15.0. The number of methoxy groups -OCH3 is 1. The lowest BCUT2D eigenvalue weighted by Gasteiger charge is -2.29. The molecule has 5 rings (SSSR count). The van der Waals surface area contributed by atoms with Crippen molar-refractivity contribution in [3.05, 3.63) is 71.8 Å². The molecule has 0 radical (unpaired) electrons. The smallest absolute Gasteiger partial charge is 0.185 e. The number of aromatic nitrogens is 4. The lowest BCUT2D eigenvalue weighted by atomic mass is 9.99. The molecule has 0 bridgehead atoms. The molecule has 134 valence electrons. The zero-order chi connectivity index (χ0) is 18.2. The molecule has 4 aromatic rings. The van der Waals surface area contributed by atoms with Gasteiger partial charge in [0.15, 0.2) is 11.5 Å². The van der Waals surface area contributed by atoms with Crippen LogP contribution in [0.25, 0.3) is 17.0 Å². The van der Waals surface area contributed by atoms with Crippen molar-refractivity contribution in [1.82, 2.24) is 19.8 Å². The molecule has 0 N–H and O–H groups in total. The highest BCUT2D eigenvalue weighted by molar-refractivity contribution is 5.59. The molecular weight excluding hydrogens is 338 g/mol. The SMILES string of the molecule is COc1ccc2c(c1)CN(c1ccc3nnc(-c4ccccc4)n3n1)CC2. The quantitative estimate of drug-likeness (QED) is 0.563. The van der Waals surface area contributed by atoms with Crippen LogP contribution in [-0.2, 0) is 13.0 Å². The third-order valence-electron chi connectivity index (χ3n) is 5.03. The Kier molecular flexibility index (Phi) is 3.74. The monoisotopic (exact) mass is 357 g/mol. The second-order valence-corrected chi connectivity index (χ2v) is 6.66. The first-order valence-corrected chi connectivity index (χ1v) is 9.00. The minimum absolute atomic E-state index is 0.747. The second kappa shape index (κ2) is 6.39.